The van der Waals surface area contributed by atoms with Gasteiger partial charge in [-0.3, -0.25) is 4.79 Å². The van der Waals surface area contributed by atoms with Gasteiger partial charge in [-0.1, -0.05) is 30.3 Å². The maximum atomic E-state index is 11.5. The molecule has 17 heavy (non-hydrogen) atoms. The lowest BCUT2D eigenvalue weighted by molar-refractivity contribution is -0.139. The van der Waals surface area contributed by atoms with Crippen LogP contribution in [0.15, 0.2) is 30.3 Å². The van der Waals surface area contributed by atoms with E-state index in [1.807, 2.05) is 18.2 Å². The van der Waals surface area contributed by atoms with Crippen molar-refractivity contribution in [1.82, 2.24) is 4.72 Å². The molecule has 0 spiro atoms. The van der Waals surface area contributed by atoms with E-state index in [0.29, 0.717) is 0 Å². The summed E-state index contributed by atoms with van der Waals surface area (Å²) in [5.74, 6) is -1.39. The van der Waals surface area contributed by atoms with Crippen LogP contribution in [0.5, 0.6) is 0 Å². The monoisotopic (exact) mass is 257 g/mol. The molecule has 1 N–H and O–H groups in total. The second-order valence-electron chi connectivity index (χ2n) is 3.37. The summed E-state index contributed by atoms with van der Waals surface area (Å²) in [6, 6.07) is 9.07. The molecule has 0 bridgehead atoms. The molecule has 5 nitrogen and oxygen atoms in total. The second-order valence-corrected chi connectivity index (χ2v) is 5.18. The van der Waals surface area contributed by atoms with Gasteiger partial charge in [0.05, 0.1) is 6.61 Å². The van der Waals surface area contributed by atoms with Gasteiger partial charge in [0, 0.05) is 6.54 Å². The first-order valence-corrected chi connectivity index (χ1v) is 6.85. The summed E-state index contributed by atoms with van der Waals surface area (Å²) >= 11 is 0. The lowest BCUT2D eigenvalue weighted by Crippen LogP contribution is -2.30. The average molecular weight is 257 g/mol. The number of benzene rings is 1. The quantitative estimate of drug-likeness (QED) is 0.760. The normalized spacial score (nSPS) is 11.1. The van der Waals surface area contributed by atoms with E-state index in [1.54, 1.807) is 19.1 Å². The Labute approximate surface area is 101 Å². The first-order chi connectivity index (χ1) is 8.03. The molecule has 6 heteroatoms. The Hall–Kier alpha value is -1.40. The Balaban J connectivity index is 2.48. The molecule has 0 aromatic heterocycles. The van der Waals surface area contributed by atoms with Crippen molar-refractivity contribution in [2.45, 2.75) is 13.5 Å². The van der Waals surface area contributed by atoms with Crippen molar-refractivity contribution in [3.8, 4) is 0 Å². The largest absolute Gasteiger partial charge is 0.465 e. The molecule has 0 saturated heterocycles. The zero-order valence-electron chi connectivity index (χ0n) is 9.55. The number of hydrogen-bond acceptors (Lipinski definition) is 4. The Morgan fingerprint density at radius 3 is 2.53 bits per heavy atom. The van der Waals surface area contributed by atoms with Crippen molar-refractivity contribution in [2.24, 2.45) is 0 Å². The molecule has 0 radical (unpaired) electrons. The van der Waals surface area contributed by atoms with Crippen LogP contribution in [0.3, 0.4) is 0 Å². The Morgan fingerprint density at radius 2 is 1.94 bits per heavy atom. The third-order valence-corrected chi connectivity index (χ3v) is 3.15. The molecule has 0 aliphatic carbocycles. The van der Waals surface area contributed by atoms with Crippen LogP contribution in [0.4, 0.5) is 0 Å². The lowest BCUT2D eigenvalue weighted by Gasteiger charge is -2.06. The predicted octanol–water partition coefficient (Wildman–Crippen LogP) is 0.669. The molecule has 1 aromatic rings. The number of carbonyl (C=O) groups excluding carboxylic acids is 1. The first kappa shape index (κ1) is 13.7. The minimum atomic E-state index is -3.63. The van der Waals surface area contributed by atoms with Crippen LogP contribution in [0, 0.1) is 0 Å². The molecular weight excluding hydrogens is 242 g/mol. The maximum absolute atomic E-state index is 11.5. The molecule has 0 heterocycles. The van der Waals surface area contributed by atoms with Gasteiger partial charge in [0.15, 0.2) is 5.75 Å². The Kier molecular flexibility index (Phi) is 5.11. The summed E-state index contributed by atoms with van der Waals surface area (Å²) in [6.07, 6.45) is 0. The molecule has 1 aromatic carbocycles. The first-order valence-electron chi connectivity index (χ1n) is 5.20. The average Bonchev–Trinajstić information content (AvgIpc) is 2.27. The highest BCUT2D eigenvalue weighted by molar-refractivity contribution is 7.90. The van der Waals surface area contributed by atoms with Crippen molar-refractivity contribution < 1.29 is 17.9 Å². The number of carbonyl (C=O) groups is 1. The molecule has 0 atom stereocenters. The Morgan fingerprint density at radius 1 is 1.29 bits per heavy atom. The standard InChI is InChI=1S/C11H15NO4S/c1-2-16-11(13)9-17(14,15)12-8-10-6-4-3-5-7-10/h3-7,12H,2,8-9H2,1H3. The van der Waals surface area contributed by atoms with Gasteiger partial charge >= 0.3 is 5.97 Å². The van der Waals surface area contributed by atoms with Crippen molar-refractivity contribution in [2.75, 3.05) is 12.4 Å². The van der Waals surface area contributed by atoms with Crippen molar-refractivity contribution in [3.05, 3.63) is 35.9 Å². The number of esters is 1. The van der Waals surface area contributed by atoms with Crippen LogP contribution in [0.2, 0.25) is 0 Å². The van der Waals surface area contributed by atoms with E-state index < -0.39 is 21.7 Å². The molecule has 0 amide bonds. The van der Waals surface area contributed by atoms with E-state index in [4.69, 9.17) is 0 Å². The summed E-state index contributed by atoms with van der Waals surface area (Å²) in [5.41, 5.74) is 0.833. The summed E-state index contributed by atoms with van der Waals surface area (Å²) < 4.78 is 29.9. The Bertz CT molecular complexity index is 456. The van der Waals surface area contributed by atoms with E-state index in [-0.39, 0.29) is 13.2 Å². The SMILES string of the molecule is CCOC(=O)CS(=O)(=O)NCc1ccccc1. The number of nitrogens with one attached hydrogen (secondary N) is 1. The van der Waals surface area contributed by atoms with Crippen molar-refractivity contribution in [3.63, 3.8) is 0 Å². The molecule has 0 fully saturated rings. The van der Waals surface area contributed by atoms with Gasteiger partial charge in [-0.25, -0.2) is 13.1 Å². The van der Waals surface area contributed by atoms with Crippen LogP contribution >= 0.6 is 0 Å². The van der Waals surface area contributed by atoms with Gasteiger partial charge in [-0.05, 0) is 12.5 Å². The maximum Gasteiger partial charge on any atom is 0.322 e. The highest BCUT2D eigenvalue weighted by Gasteiger charge is 2.16. The van der Waals surface area contributed by atoms with E-state index in [0.717, 1.165) is 5.56 Å². The van der Waals surface area contributed by atoms with Gasteiger partial charge in [0.1, 0.15) is 0 Å². The van der Waals surface area contributed by atoms with Crippen molar-refractivity contribution >= 4 is 16.0 Å². The van der Waals surface area contributed by atoms with E-state index in [2.05, 4.69) is 9.46 Å². The lowest BCUT2D eigenvalue weighted by atomic mass is 10.2. The minimum Gasteiger partial charge on any atom is -0.465 e. The number of rotatable bonds is 6. The fourth-order valence-corrected chi connectivity index (χ4v) is 2.08. The predicted molar refractivity (Wildman–Crippen MR) is 63.7 cm³/mol. The molecule has 0 aliphatic rings. The van der Waals surface area contributed by atoms with Gasteiger partial charge in [-0.15, -0.1) is 0 Å². The zero-order chi connectivity index (χ0) is 12.7. The van der Waals surface area contributed by atoms with Gasteiger partial charge in [0.2, 0.25) is 10.0 Å². The zero-order valence-corrected chi connectivity index (χ0v) is 10.4. The third-order valence-electron chi connectivity index (χ3n) is 1.95. The highest BCUT2D eigenvalue weighted by Crippen LogP contribution is 1.99. The highest BCUT2D eigenvalue weighted by atomic mass is 32.2. The number of hydrogen-bond donors (Lipinski definition) is 1. The van der Waals surface area contributed by atoms with E-state index in [1.165, 1.54) is 0 Å². The molecule has 0 aliphatic heterocycles. The van der Waals surface area contributed by atoms with Crippen LogP contribution in [0.25, 0.3) is 0 Å². The van der Waals surface area contributed by atoms with Gasteiger partial charge in [0.25, 0.3) is 0 Å². The summed E-state index contributed by atoms with van der Waals surface area (Å²) in [7, 11) is -3.63. The molecule has 0 unspecified atom stereocenters. The third kappa shape index (κ3) is 5.46. The number of ether oxygens (including phenoxy) is 1. The van der Waals surface area contributed by atoms with Crippen LogP contribution in [0.1, 0.15) is 12.5 Å². The van der Waals surface area contributed by atoms with Crippen LogP contribution in [-0.4, -0.2) is 26.7 Å². The van der Waals surface area contributed by atoms with Gasteiger partial charge in [-0.2, -0.15) is 0 Å². The van der Waals surface area contributed by atoms with E-state index >= 15 is 0 Å². The second kappa shape index (κ2) is 6.36. The fraction of sp³-hybridized carbons (Fsp3) is 0.364. The minimum absolute atomic E-state index is 0.169. The molecule has 94 valence electrons. The smallest absolute Gasteiger partial charge is 0.322 e. The molecular formula is C11H15NO4S. The molecule has 0 saturated carbocycles. The summed E-state index contributed by atoms with van der Waals surface area (Å²) in [5, 5.41) is 0. The summed E-state index contributed by atoms with van der Waals surface area (Å²) in [6.45, 7) is 1.97. The molecule has 1 rings (SSSR count). The fourth-order valence-electron chi connectivity index (χ4n) is 1.20. The topological polar surface area (TPSA) is 72.5 Å². The number of sulfonamides is 1. The van der Waals surface area contributed by atoms with Gasteiger partial charge < -0.3 is 4.74 Å². The van der Waals surface area contributed by atoms with Crippen LogP contribution in [-0.2, 0) is 26.1 Å². The van der Waals surface area contributed by atoms with E-state index in [9.17, 15) is 13.2 Å². The summed E-state index contributed by atoms with van der Waals surface area (Å²) in [4.78, 5) is 11.0. The van der Waals surface area contributed by atoms with Crippen molar-refractivity contribution in [1.29, 1.82) is 0 Å². The van der Waals surface area contributed by atoms with Crippen LogP contribution < -0.4 is 4.72 Å².